The molecular formula is C6H7NS2. The molecular weight excluding hydrogens is 150 g/mol. The Kier molecular flexibility index (Phi) is 1.93. The molecule has 9 heavy (non-hydrogen) atoms. The van der Waals surface area contributed by atoms with Crippen LogP contribution in [0.1, 0.15) is 5.56 Å². The monoisotopic (exact) mass is 157 g/mol. The Hall–Kier alpha value is -0.280. The first-order valence-electron chi connectivity index (χ1n) is 2.59. The minimum absolute atomic E-state index is 0.779. The normalized spacial score (nSPS) is 9.56. The van der Waals surface area contributed by atoms with Gasteiger partial charge in [-0.2, -0.15) is 0 Å². The van der Waals surface area contributed by atoms with E-state index in [-0.39, 0.29) is 0 Å². The summed E-state index contributed by atoms with van der Waals surface area (Å²) in [5.41, 5.74) is 1.09. The lowest BCUT2D eigenvalue weighted by molar-refractivity contribution is 1.17. The van der Waals surface area contributed by atoms with Crippen molar-refractivity contribution in [2.24, 2.45) is 0 Å². The Bertz CT molecular complexity index is 241. The highest BCUT2D eigenvalue weighted by Gasteiger charge is 1.86. The Morgan fingerprint density at radius 2 is 2.33 bits per heavy atom. The summed E-state index contributed by atoms with van der Waals surface area (Å²) >= 11 is 9.06. The summed E-state index contributed by atoms with van der Waals surface area (Å²) in [6.45, 7) is 1.97. The van der Waals surface area contributed by atoms with Crippen molar-refractivity contribution in [2.75, 3.05) is 0 Å². The van der Waals surface area contributed by atoms with Crippen LogP contribution in [0, 0.1) is 11.6 Å². The average molecular weight is 157 g/mol. The van der Waals surface area contributed by atoms with E-state index in [1.165, 1.54) is 0 Å². The van der Waals surface area contributed by atoms with Crippen LogP contribution in [0.3, 0.4) is 0 Å². The molecule has 0 fully saturated rings. The van der Waals surface area contributed by atoms with Gasteiger partial charge in [0.15, 0.2) is 0 Å². The maximum Gasteiger partial charge on any atom is 0.118 e. The molecule has 0 aromatic carbocycles. The molecule has 0 aliphatic carbocycles. The lowest BCUT2D eigenvalue weighted by atomic mass is 10.3. The fraction of sp³-hybridized carbons (Fsp3) is 0.167. The summed E-state index contributed by atoms with van der Waals surface area (Å²) in [4.78, 5) is 0. The number of nitrogens with zero attached hydrogens (tertiary/aromatic N) is 1. The van der Waals surface area contributed by atoms with Crippen LogP contribution in [0.15, 0.2) is 18.3 Å². The minimum Gasteiger partial charge on any atom is -0.284 e. The van der Waals surface area contributed by atoms with Gasteiger partial charge in [0, 0.05) is 6.20 Å². The summed E-state index contributed by atoms with van der Waals surface area (Å²) in [5.74, 6) is 0. The van der Waals surface area contributed by atoms with Crippen LogP contribution in [-0.2, 0) is 0 Å². The van der Waals surface area contributed by atoms with E-state index in [0.29, 0.717) is 0 Å². The lowest BCUT2D eigenvalue weighted by Crippen LogP contribution is -1.85. The molecule has 1 heterocycles. The third-order valence-electron chi connectivity index (χ3n) is 1.12. The predicted octanol–water partition coefficient (Wildman–Crippen LogP) is 2.22. The Morgan fingerprint density at radius 3 is 2.78 bits per heavy atom. The van der Waals surface area contributed by atoms with Crippen LogP contribution in [0.2, 0.25) is 0 Å². The number of thiol groups is 1. The number of aryl methyl sites for hydroxylation is 1. The van der Waals surface area contributed by atoms with Crippen molar-refractivity contribution in [2.45, 2.75) is 6.92 Å². The lowest BCUT2D eigenvalue weighted by Gasteiger charge is -1.96. The summed E-state index contributed by atoms with van der Waals surface area (Å²) in [6, 6.07) is 3.88. The zero-order valence-corrected chi connectivity index (χ0v) is 6.75. The van der Waals surface area contributed by atoms with E-state index in [4.69, 9.17) is 12.2 Å². The second kappa shape index (κ2) is 2.54. The van der Waals surface area contributed by atoms with Crippen molar-refractivity contribution >= 4 is 25.0 Å². The highest BCUT2D eigenvalue weighted by atomic mass is 32.1. The van der Waals surface area contributed by atoms with Gasteiger partial charge >= 0.3 is 0 Å². The number of aromatic nitrogens is 1. The summed E-state index contributed by atoms with van der Waals surface area (Å²) in [7, 11) is 0. The molecule has 0 radical (unpaired) electrons. The molecule has 48 valence electrons. The van der Waals surface area contributed by atoms with E-state index in [1.54, 1.807) is 3.97 Å². The van der Waals surface area contributed by atoms with Crippen LogP contribution in [0.5, 0.6) is 0 Å². The fourth-order valence-corrected chi connectivity index (χ4v) is 0.952. The van der Waals surface area contributed by atoms with Gasteiger partial charge in [0.1, 0.15) is 4.64 Å². The van der Waals surface area contributed by atoms with Gasteiger partial charge in [-0.3, -0.25) is 3.97 Å². The van der Waals surface area contributed by atoms with Crippen LogP contribution in [0.25, 0.3) is 0 Å². The van der Waals surface area contributed by atoms with Crippen molar-refractivity contribution in [3.8, 4) is 0 Å². The predicted molar refractivity (Wildman–Crippen MR) is 44.4 cm³/mol. The molecule has 0 N–H and O–H groups in total. The zero-order valence-electron chi connectivity index (χ0n) is 5.03. The zero-order chi connectivity index (χ0) is 6.85. The van der Waals surface area contributed by atoms with E-state index < -0.39 is 0 Å². The molecule has 3 heteroatoms. The third-order valence-corrected chi connectivity index (χ3v) is 2.11. The van der Waals surface area contributed by atoms with Crippen molar-refractivity contribution in [3.05, 3.63) is 28.5 Å². The number of pyridine rings is 1. The first-order valence-corrected chi connectivity index (χ1v) is 3.40. The molecule has 0 saturated heterocycles. The van der Waals surface area contributed by atoms with Crippen molar-refractivity contribution in [3.63, 3.8) is 0 Å². The molecule has 0 aliphatic rings. The maximum absolute atomic E-state index is 4.98. The highest BCUT2D eigenvalue weighted by Crippen LogP contribution is 2.01. The minimum atomic E-state index is 0.779. The molecule has 0 unspecified atom stereocenters. The average Bonchev–Trinajstić information content (AvgIpc) is 1.83. The van der Waals surface area contributed by atoms with Crippen LogP contribution < -0.4 is 0 Å². The fourth-order valence-electron chi connectivity index (χ4n) is 0.589. The molecule has 0 amide bonds. The molecule has 1 aromatic heterocycles. The first-order chi connectivity index (χ1) is 4.22. The molecule has 1 rings (SSSR count). The molecule has 0 saturated carbocycles. The van der Waals surface area contributed by atoms with Crippen LogP contribution in [-0.4, -0.2) is 3.97 Å². The molecule has 0 atom stereocenters. The topological polar surface area (TPSA) is 4.93 Å². The maximum atomic E-state index is 4.98. The molecule has 0 spiro atoms. The van der Waals surface area contributed by atoms with E-state index in [2.05, 4.69) is 12.8 Å². The van der Waals surface area contributed by atoms with Gasteiger partial charge in [0.25, 0.3) is 0 Å². The molecule has 1 nitrogen and oxygen atoms in total. The first kappa shape index (κ1) is 6.83. The summed E-state index contributed by atoms with van der Waals surface area (Å²) < 4.78 is 2.41. The van der Waals surface area contributed by atoms with Gasteiger partial charge in [-0.05, 0) is 18.6 Å². The van der Waals surface area contributed by atoms with Gasteiger partial charge in [0.05, 0.1) is 0 Å². The number of rotatable bonds is 0. The summed E-state index contributed by atoms with van der Waals surface area (Å²) in [5, 5.41) is 0. The summed E-state index contributed by atoms with van der Waals surface area (Å²) in [6.07, 6.45) is 1.82. The Labute approximate surface area is 64.9 Å². The second-order valence-electron chi connectivity index (χ2n) is 1.84. The van der Waals surface area contributed by atoms with Gasteiger partial charge in [-0.15, -0.1) is 0 Å². The van der Waals surface area contributed by atoms with Gasteiger partial charge in [-0.25, -0.2) is 0 Å². The smallest absolute Gasteiger partial charge is 0.118 e. The molecule has 0 aliphatic heterocycles. The van der Waals surface area contributed by atoms with E-state index in [1.807, 2.05) is 25.3 Å². The van der Waals surface area contributed by atoms with Crippen molar-refractivity contribution in [1.29, 1.82) is 0 Å². The van der Waals surface area contributed by atoms with E-state index in [9.17, 15) is 0 Å². The SMILES string of the molecule is Cc1cccn(S)c1=S. The number of hydrogen-bond donors (Lipinski definition) is 1. The van der Waals surface area contributed by atoms with Crippen LogP contribution in [0.4, 0.5) is 0 Å². The molecule has 1 aromatic rings. The van der Waals surface area contributed by atoms with Gasteiger partial charge < -0.3 is 0 Å². The van der Waals surface area contributed by atoms with E-state index >= 15 is 0 Å². The van der Waals surface area contributed by atoms with Gasteiger partial charge in [-0.1, -0.05) is 31.1 Å². The highest BCUT2D eigenvalue weighted by molar-refractivity contribution is 7.79. The van der Waals surface area contributed by atoms with Crippen molar-refractivity contribution in [1.82, 2.24) is 3.97 Å². The quantitative estimate of drug-likeness (QED) is 0.447. The van der Waals surface area contributed by atoms with Crippen LogP contribution >= 0.6 is 25.0 Å². The van der Waals surface area contributed by atoms with Crippen molar-refractivity contribution < 1.29 is 0 Å². The standard InChI is InChI=1S/C6H7NS2/c1-5-3-2-4-7(9)6(5)8/h2-4,9H,1H3. The third kappa shape index (κ3) is 1.34. The Balaban J connectivity index is 3.43. The molecule has 0 bridgehead atoms. The van der Waals surface area contributed by atoms with E-state index in [0.717, 1.165) is 10.2 Å². The second-order valence-corrected chi connectivity index (χ2v) is 2.66. The Morgan fingerprint density at radius 1 is 1.67 bits per heavy atom. The number of hydrogen-bond acceptors (Lipinski definition) is 2. The van der Waals surface area contributed by atoms with Gasteiger partial charge in [0.2, 0.25) is 0 Å². The largest absolute Gasteiger partial charge is 0.284 e.